The summed E-state index contributed by atoms with van der Waals surface area (Å²) in [5.74, 6) is -2.26. The minimum atomic E-state index is -0.618. The molecule has 132 valence electrons. The van der Waals surface area contributed by atoms with Crippen LogP contribution in [0.25, 0.3) is 0 Å². The Labute approximate surface area is 151 Å². The third-order valence-corrected chi connectivity index (χ3v) is 3.76. The third-order valence-electron chi connectivity index (χ3n) is 3.27. The van der Waals surface area contributed by atoms with Gasteiger partial charge in [-0.05, 0) is 42.5 Å². The molecule has 0 radical (unpaired) electrons. The molecule has 0 saturated heterocycles. The summed E-state index contributed by atoms with van der Waals surface area (Å²) >= 11 is 3.12. The van der Waals surface area contributed by atoms with Crippen molar-refractivity contribution in [1.82, 2.24) is 0 Å². The molecule has 0 atom stereocenters. The summed E-state index contributed by atoms with van der Waals surface area (Å²) in [4.78, 5) is 24.7. The molecule has 25 heavy (non-hydrogen) atoms. The first-order valence-corrected chi connectivity index (χ1v) is 8.08. The Morgan fingerprint density at radius 2 is 1.80 bits per heavy atom. The number of nitrogens with zero attached hydrogens (tertiary/aromatic N) is 1. The lowest BCUT2D eigenvalue weighted by Gasteiger charge is -2.22. The second-order valence-corrected chi connectivity index (χ2v) is 6.02. The van der Waals surface area contributed by atoms with Crippen LogP contribution in [0.15, 0.2) is 46.9 Å². The van der Waals surface area contributed by atoms with Crippen molar-refractivity contribution in [3.8, 4) is 5.75 Å². The van der Waals surface area contributed by atoms with Crippen molar-refractivity contribution in [1.29, 1.82) is 0 Å². The van der Waals surface area contributed by atoms with E-state index in [1.165, 1.54) is 41.3 Å². The molecule has 0 spiro atoms. The highest BCUT2D eigenvalue weighted by molar-refractivity contribution is 9.10. The van der Waals surface area contributed by atoms with Gasteiger partial charge in [0.15, 0.2) is 18.2 Å². The van der Waals surface area contributed by atoms with Crippen molar-refractivity contribution in [2.75, 3.05) is 18.1 Å². The van der Waals surface area contributed by atoms with Gasteiger partial charge in [0, 0.05) is 23.1 Å². The molecule has 5 nitrogen and oxygen atoms in total. The van der Waals surface area contributed by atoms with Crippen molar-refractivity contribution in [2.45, 2.75) is 6.42 Å². The standard InChI is InChI=1S/C17H15BrF2N2O3/c18-11-1-6-15(14(20)9-11)25-10-17(24)22(8-7-16(21)23)13-4-2-12(19)3-5-13/h1-6,9H,7-8,10H2,(H2,21,23). The van der Waals surface area contributed by atoms with Gasteiger partial charge in [0.2, 0.25) is 5.91 Å². The zero-order valence-electron chi connectivity index (χ0n) is 13.0. The van der Waals surface area contributed by atoms with Gasteiger partial charge in [-0.25, -0.2) is 8.78 Å². The molecule has 0 bridgehead atoms. The summed E-state index contributed by atoms with van der Waals surface area (Å²) in [5.41, 5.74) is 5.50. The minimum absolute atomic E-state index is 0.00593. The van der Waals surface area contributed by atoms with Gasteiger partial charge in [0.05, 0.1) is 0 Å². The van der Waals surface area contributed by atoms with E-state index in [2.05, 4.69) is 15.9 Å². The average molecular weight is 413 g/mol. The average Bonchev–Trinajstić information content (AvgIpc) is 2.55. The number of amides is 2. The third kappa shape index (κ3) is 5.53. The number of ether oxygens (including phenoxy) is 1. The number of rotatable bonds is 7. The van der Waals surface area contributed by atoms with Gasteiger partial charge in [0.25, 0.3) is 5.91 Å². The van der Waals surface area contributed by atoms with Crippen LogP contribution >= 0.6 is 15.9 Å². The van der Waals surface area contributed by atoms with Crippen LogP contribution in [0.4, 0.5) is 14.5 Å². The zero-order chi connectivity index (χ0) is 18.4. The summed E-state index contributed by atoms with van der Waals surface area (Å²) in [6.07, 6.45) is -0.0736. The molecule has 2 N–H and O–H groups in total. The van der Waals surface area contributed by atoms with Crippen LogP contribution in [-0.2, 0) is 9.59 Å². The van der Waals surface area contributed by atoms with Crippen molar-refractivity contribution >= 4 is 33.4 Å². The van der Waals surface area contributed by atoms with Crippen molar-refractivity contribution in [3.63, 3.8) is 0 Å². The molecule has 0 fully saturated rings. The van der Waals surface area contributed by atoms with Crippen LogP contribution in [0.3, 0.4) is 0 Å². The molecule has 0 aromatic heterocycles. The van der Waals surface area contributed by atoms with E-state index in [9.17, 15) is 18.4 Å². The van der Waals surface area contributed by atoms with Crippen LogP contribution in [0.5, 0.6) is 5.75 Å². The molecule has 0 aliphatic rings. The van der Waals surface area contributed by atoms with E-state index in [0.29, 0.717) is 10.2 Å². The SMILES string of the molecule is NC(=O)CCN(C(=O)COc1ccc(Br)cc1F)c1ccc(F)cc1. The summed E-state index contributed by atoms with van der Waals surface area (Å²) in [6.45, 7) is -0.444. The highest BCUT2D eigenvalue weighted by Crippen LogP contribution is 2.22. The Kier molecular flexibility index (Phi) is 6.46. The lowest BCUT2D eigenvalue weighted by atomic mass is 10.2. The Morgan fingerprint density at radius 1 is 1.12 bits per heavy atom. The maximum absolute atomic E-state index is 13.7. The molecule has 2 amide bonds. The predicted octanol–water partition coefficient (Wildman–Crippen LogP) is 3.01. The first kappa shape index (κ1) is 18.9. The fourth-order valence-corrected chi connectivity index (χ4v) is 2.38. The predicted molar refractivity (Wildman–Crippen MR) is 92.2 cm³/mol. The summed E-state index contributed by atoms with van der Waals surface area (Å²) in [5, 5.41) is 0. The molecule has 2 rings (SSSR count). The smallest absolute Gasteiger partial charge is 0.264 e. The Morgan fingerprint density at radius 3 is 2.40 bits per heavy atom. The highest BCUT2D eigenvalue weighted by Gasteiger charge is 2.18. The molecule has 0 aliphatic heterocycles. The molecular weight excluding hydrogens is 398 g/mol. The number of primary amides is 1. The fraction of sp³-hybridized carbons (Fsp3) is 0.176. The van der Waals surface area contributed by atoms with Gasteiger partial charge < -0.3 is 15.4 Å². The molecule has 0 unspecified atom stereocenters. The summed E-state index contributed by atoms with van der Waals surface area (Å²) in [6, 6.07) is 9.35. The van der Waals surface area contributed by atoms with Gasteiger partial charge in [-0.2, -0.15) is 0 Å². The number of hydrogen-bond acceptors (Lipinski definition) is 3. The largest absolute Gasteiger partial charge is 0.481 e. The fourth-order valence-electron chi connectivity index (χ4n) is 2.05. The van der Waals surface area contributed by atoms with Crippen LogP contribution < -0.4 is 15.4 Å². The van der Waals surface area contributed by atoms with Gasteiger partial charge >= 0.3 is 0 Å². The van der Waals surface area contributed by atoms with E-state index in [-0.39, 0.29) is 18.7 Å². The van der Waals surface area contributed by atoms with Crippen LogP contribution in [0.1, 0.15) is 6.42 Å². The Hall–Kier alpha value is -2.48. The van der Waals surface area contributed by atoms with Crippen molar-refractivity contribution in [3.05, 3.63) is 58.6 Å². The lowest BCUT2D eigenvalue weighted by molar-refractivity contribution is -0.120. The molecule has 0 aliphatic carbocycles. The number of anilines is 1. The van der Waals surface area contributed by atoms with Gasteiger partial charge in [-0.1, -0.05) is 15.9 Å². The van der Waals surface area contributed by atoms with Crippen molar-refractivity contribution < 1.29 is 23.1 Å². The number of benzene rings is 2. The maximum atomic E-state index is 13.7. The van der Waals surface area contributed by atoms with Gasteiger partial charge in [-0.15, -0.1) is 0 Å². The number of hydrogen-bond donors (Lipinski definition) is 1. The monoisotopic (exact) mass is 412 g/mol. The van der Waals surface area contributed by atoms with E-state index in [1.54, 1.807) is 6.07 Å². The van der Waals surface area contributed by atoms with E-state index in [1.807, 2.05) is 0 Å². The molecule has 0 heterocycles. The van der Waals surface area contributed by atoms with Crippen molar-refractivity contribution in [2.24, 2.45) is 5.73 Å². The van der Waals surface area contributed by atoms with Gasteiger partial charge in [0.1, 0.15) is 5.82 Å². The molecule has 2 aromatic rings. The van der Waals surface area contributed by atoms with Crippen LogP contribution in [0.2, 0.25) is 0 Å². The zero-order valence-corrected chi connectivity index (χ0v) is 14.6. The topological polar surface area (TPSA) is 72.6 Å². The minimum Gasteiger partial charge on any atom is -0.481 e. The van der Waals surface area contributed by atoms with Gasteiger partial charge in [-0.3, -0.25) is 9.59 Å². The normalized spacial score (nSPS) is 10.4. The lowest BCUT2D eigenvalue weighted by Crippen LogP contribution is -2.37. The second-order valence-electron chi connectivity index (χ2n) is 5.10. The van der Waals surface area contributed by atoms with E-state index < -0.39 is 30.1 Å². The number of halogens is 3. The highest BCUT2D eigenvalue weighted by atomic mass is 79.9. The maximum Gasteiger partial charge on any atom is 0.264 e. The Balaban J connectivity index is 2.11. The van der Waals surface area contributed by atoms with E-state index >= 15 is 0 Å². The van der Waals surface area contributed by atoms with Crippen LogP contribution in [0, 0.1) is 11.6 Å². The van der Waals surface area contributed by atoms with E-state index in [4.69, 9.17) is 10.5 Å². The number of carbonyl (C=O) groups excluding carboxylic acids is 2. The molecule has 0 saturated carbocycles. The molecule has 8 heteroatoms. The first-order valence-electron chi connectivity index (χ1n) is 7.29. The number of nitrogens with two attached hydrogens (primary N) is 1. The number of carbonyl (C=O) groups is 2. The molecular formula is C17H15BrF2N2O3. The quantitative estimate of drug-likeness (QED) is 0.759. The van der Waals surface area contributed by atoms with Crippen LogP contribution in [-0.4, -0.2) is 25.0 Å². The second kappa shape index (κ2) is 8.57. The first-order chi connectivity index (χ1) is 11.9. The van der Waals surface area contributed by atoms with E-state index in [0.717, 1.165) is 0 Å². The summed E-state index contributed by atoms with van der Waals surface area (Å²) < 4.78 is 32.6. The molecule has 2 aromatic carbocycles. The summed E-state index contributed by atoms with van der Waals surface area (Å²) in [7, 11) is 0. The Bertz CT molecular complexity index is 769.